The van der Waals surface area contributed by atoms with Crippen LogP contribution in [0.4, 0.5) is 5.95 Å². The highest BCUT2D eigenvalue weighted by molar-refractivity contribution is 5.79. The summed E-state index contributed by atoms with van der Waals surface area (Å²) in [4.78, 5) is 25.5. The van der Waals surface area contributed by atoms with E-state index in [4.69, 9.17) is 5.26 Å². The minimum atomic E-state index is 0.0654. The molecule has 0 unspecified atom stereocenters. The minimum absolute atomic E-state index is 0.0654. The molecule has 1 aromatic heterocycles. The lowest BCUT2D eigenvalue weighted by atomic mass is 9.93. The summed E-state index contributed by atoms with van der Waals surface area (Å²) in [7, 11) is 0. The number of anilines is 1. The van der Waals surface area contributed by atoms with Crippen molar-refractivity contribution >= 4 is 11.9 Å². The number of hydrogen-bond acceptors (Lipinski definition) is 5. The summed E-state index contributed by atoms with van der Waals surface area (Å²) < 4.78 is 0. The highest BCUT2D eigenvalue weighted by Crippen LogP contribution is 2.25. The van der Waals surface area contributed by atoms with E-state index in [0.29, 0.717) is 11.6 Å². The fraction of sp³-hybridized carbons (Fsp3) is 0.400. The summed E-state index contributed by atoms with van der Waals surface area (Å²) in [6, 6.07) is 12.0. The van der Waals surface area contributed by atoms with Gasteiger partial charge in [-0.15, -0.1) is 0 Å². The number of aromatic nitrogens is 2. The molecule has 0 atom stereocenters. The van der Waals surface area contributed by atoms with Gasteiger partial charge < -0.3 is 9.80 Å². The van der Waals surface area contributed by atoms with Crippen LogP contribution in [0.15, 0.2) is 36.5 Å². The second kappa shape index (κ2) is 7.12. The fourth-order valence-corrected chi connectivity index (χ4v) is 3.83. The van der Waals surface area contributed by atoms with Crippen LogP contribution >= 0.6 is 0 Å². The van der Waals surface area contributed by atoms with E-state index in [2.05, 4.69) is 33.1 Å². The lowest BCUT2D eigenvalue weighted by molar-refractivity contribution is -0.137. The Morgan fingerprint density at radius 1 is 1.12 bits per heavy atom. The van der Waals surface area contributed by atoms with Crippen molar-refractivity contribution in [1.29, 1.82) is 5.26 Å². The van der Waals surface area contributed by atoms with Crippen molar-refractivity contribution in [2.45, 2.75) is 25.8 Å². The SMILES string of the molecule is N#Cc1ccnc(N2CCC(C(=O)N3CCc4ccccc4C3)CC2)n1. The van der Waals surface area contributed by atoms with Crippen LogP contribution in [0.25, 0.3) is 0 Å². The molecule has 132 valence electrons. The van der Waals surface area contributed by atoms with E-state index in [1.807, 2.05) is 17.0 Å². The zero-order valence-corrected chi connectivity index (χ0v) is 14.6. The number of rotatable bonds is 2. The molecule has 1 aromatic carbocycles. The van der Waals surface area contributed by atoms with Crippen molar-refractivity contribution in [2.24, 2.45) is 5.92 Å². The van der Waals surface area contributed by atoms with Gasteiger partial charge in [-0.25, -0.2) is 9.97 Å². The number of hydrogen-bond donors (Lipinski definition) is 0. The maximum atomic E-state index is 12.9. The molecule has 3 heterocycles. The number of benzene rings is 1. The number of amides is 1. The number of piperidine rings is 1. The smallest absolute Gasteiger partial charge is 0.226 e. The number of fused-ring (bicyclic) bond motifs is 1. The van der Waals surface area contributed by atoms with Gasteiger partial charge in [0.1, 0.15) is 11.8 Å². The topological polar surface area (TPSA) is 73.1 Å². The molecule has 2 aliphatic rings. The van der Waals surface area contributed by atoms with Gasteiger partial charge >= 0.3 is 0 Å². The van der Waals surface area contributed by atoms with E-state index in [-0.39, 0.29) is 11.8 Å². The largest absolute Gasteiger partial charge is 0.341 e. The molecule has 2 aliphatic heterocycles. The fourth-order valence-electron chi connectivity index (χ4n) is 3.83. The van der Waals surface area contributed by atoms with Crippen molar-refractivity contribution in [3.8, 4) is 6.07 Å². The van der Waals surface area contributed by atoms with Gasteiger partial charge in [0.2, 0.25) is 11.9 Å². The average molecular weight is 347 g/mol. The highest BCUT2D eigenvalue weighted by Gasteiger charge is 2.30. The van der Waals surface area contributed by atoms with Gasteiger partial charge in [0, 0.05) is 38.3 Å². The Kier molecular flexibility index (Phi) is 4.53. The van der Waals surface area contributed by atoms with Crippen molar-refractivity contribution < 1.29 is 4.79 Å². The Bertz CT molecular complexity index is 851. The molecular weight excluding hydrogens is 326 g/mol. The van der Waals surface area contributed by atoms with Crippen molar-refractivity contribution in [1.82, 2.24) is 14.9 Å². The molecular formula is C20H21N5O. The molecule has 4 rings (SSSR count). The number of carbonyl (C=O) groups is 1. The van der Waals surface area contributed by atoms with Gasteiger partial charge in [0.15, 0.2) is 0 Å². The Hall–Kier alpha value is -2.94. The molecule has 0 radical (unpaired) electrons. The van der Waals surface area contributed by atoms with E-state index in [9.17, 15) is 4.79 Å². The summed E-state index contributed by atoms with van der Waals surface area (Å²) in [6.07, 6.45) is 4.16. The van der Waals surface area contributed by atoms with Gasteiger partial charge in [-0.1, -0.05) is 24.3 Å². The van der Waals surface area contributed by atoms with E-state index in [1.165, 1.54) is 11.1 Å². The number of nitrogens with zero attached hydrogens (tertiary/aromatic N) is 5. The molecule has 6 heteroatoms. The lowest BCUT2D eigenvalue weighted by Crippen LogP contribution is -2.44. The minimum Gasteiger partial charge on any atom is -0.341 e. The van der Waals surface area contributed by atoms with Crippen molar-refractivity contribution in [3.63, 3.8) is 0 Å². The summed E-state index contributed by atoms with van der Waals surface area (Å²) in [5.41, 5.74) is 3.01. The summed E-state index contributed by atoms with van der Waals surface area (Å²) in [5.74, 6) is 0.920. The Morgan fingerprint density at radius 2 is 1.88 bits per heavy atom. The third kappa shape index (κ3) is 3.25. The molecule has 0 bridgehead atoms. The normalized spacial score (nSPS) is 17.5. The number of nitriles is 1. The molecule has 0 aliphatic carbocycles. The second-order valence-electron chi connectivity index (χ2n) is 6.89. The molecule has 1 saturated heterocycles. The second-order valence-corrected chi connectivity index (χ2v) is 6.89. The molecule has 1 fully saturated rings. The summed E-state index contributed by atoms with van der Waals surface area (Å²) in [6.45, 7) is 3.03. The van der Waals surface area contributed by atoms with Gasteiger partial charge in [-0.05, 0) is 36.5 Å². The first-order valence-electron chi connectivity index (χ1n) is 9.08. The molecule has 6 nitrogen and oxygen atoms in total. The molecule has 1 amide bonds. The third-order valence-corrected chi connectivity index (χ3v) is 5.33. The standard InChI is InChI=1S/C20H21N5O/c21-13-18-5-9-22-20(23-18)24-10-7-16(8-11-24)19(26)25-12-6-15-3-1-2-4-17(15)14-25/h1-5,9,16H,6-8,10-12,14H2. The van der Waals surface area contributed by atoms with E-state index in [1.54, 1.807) is 12.3 Å². The Labute approximate surface area is 153 Å². The quantitative estimate of drug-likeness (QED) is 0.832. The first-order chi connectivity index (χ1) is 12.7. The van der Waals surface area contributed by atoms with Crippen LogP contribution in [0.3, 0.4) is 0 Å². The van der Waals surface area contributed by atoms with Crippen molar-refractivity contribution in [2.75, 3.05) is 24.5 Å². The Morgan fingerprint density at radius 3 is 2.65 bits per heavy atom. The van der Waals surface area contributed by atoms with Crippen LogP contribution in [0.1, 0.15) is 29.7 Å². The van der Waals surface area contributed by atoms with Crippen LogP contribution in [0.2, 0.25) is 0 Å². The van der Waals surface area contributed by atoms with E-state index in [0.717, 1.165) is 45.4 Å². The molecule has 0 saturated carbocycles. The first kappa shape index (κ1) is 16.5. The monoisotopic (exact) mass is 347 g/mol. The maximum Gasteiger partial charge on any atom is 0.226 e. The first-order valence-corrected chi connectivity index (χ1v) is 9.08. The molecule has 0 N–H and O–H groups in total. The maximum absolute atomic E-state index is 12.9. The van der Waals surface area contributed by atoms with Crippen LogP contribution in [-0.4, -0.2) is 40.4 Å². The lowest BCUT2D eigenvalue weighted by Gasteiger charge is -2.36. The van der Waals surface area contributed by atoms with E-state index < -0.39 is 0 Å². The van der Waals surface area contributed by atoms with E-state index >= 15 is 0 Å². The van der Waals surface area contributed by atoms with Gasteiger partial charge in [0.05, 0.1) is 0 Å². The third-order valence-electron chi connectivity index (χ3n) is 5.33. The number of carbonyl (C=O) groups excluding carboxylic acids is 1. The van der Waals surface area contributed by atoms with Crippen molar-refractivity contribution in [3.05, 3.63) is 53.3 Å². The predicted molar refractivity (Wildman–Crippen MR) is 97.2 cm³/mol. The Balaban J connectivity index is 1.37. The van der Waals surface area contributed by atoms with Crippen LogP contribution in [0.5, 0.6) is 0 Å². The van der Waals surface area contributed by atoms with Crippen LogP contribution < -0.4 is 4.90 Å². The average Bonchev–Trinajstić information content (AvgIpc) is 2.73. The highest BCUT2D eigenvalue weighted by atomic mass is 16.2. The van der Waals surface area contributed by atoms with Gasteiger partial charge in [-0.3, -0.25) is 4.79 Å². The summed E-state index contributed by atoms with van der Waals surface area (Å²) in [5, 5.41) is 8.98. The molecule has 0 spiro atoms. The van der Waals surface area contributed by atoms with Crippen LogP contribution in [0, 0.1) is 17.2 Å². The predicted octanol–water partition coefficient (Wildman–Crippen LogP) is 2.15. The van der Waals surface area contributed by atoms with Crippen LogP contribution in [-0.2, 0) is 17.8 Å². The zero-order valence-electron chi connectivity index (χ0n) is 14.6. The summed E-state index contributed by atoms with van der Waals surface area (Å²) >= 11 is 0. The van der Waals surface area contributed by atoms with Gasteiger partial charge in [0.25, 0.3) is 0 Å². The molecule has 26 heavy (non-hydrogen) atoms. The molecule has 2 aromatic rings. The zero-order chi connectivity index (χ0) is 17.9. The van der Waals surface area contributed by atoms with Gasteiger partial charge in [-0.2, -0.15) is 5.26 Å².